The van der Waals surface area contributed by atoms with Gasteiger partial charge in [0.2, 0.25) is 21.8 Å². The molecule has 0 saturated heterocycles. The van der Waals surface area contributed by atoms with Crippen LogP contribution in [0.3, 0.4) is 0 Å². The molecule has 0 heterocycles. The first-order valence-corrected chi connectivity index (χ1v) is 17.0. The van der Waals surface area contributed by atoms with E-state index >= 15 is 0 Å². The molecule has 236 valence electrons. The lowest BCUT2D eigenvalue weighted by Crippen LogP contribution is -2.53. The number of nitrogens with zero attached hydrogens (tertiary/aromatic N) is 2. The molecule has 0 spiro atoms. The van der Waals surface area contributed by atoms with Crippen LogP contribution in [0, 0.1) is 0 Å². The van der Waals surface area contributed by atoms with E-state index in [1.54, 1.807) is 49.4 Å². The monoisotopic (exact) mass is 667 g/mol. The molecule has 8 nitrogen and oxygen atoms in total. The van der Waals surface area contributed by atoms with E-state index in [9.17, 15) is 18.0 Å². The molecule has 11 heteroatoms. The minimum absolute atomic E-state index is 0.115. The Morgan fingerprint density at radius 2 is 1.40 bits per heavy atom. The normalized spacial score (nSPS) is 11.8. The predicted octanol–water partition coefficient (Wildman–Crippen LogP) is 6.11. The van der Waals surface area contributed by atoms with Crippen LogP contribution in [-0.4, -0.2) is 50.5 Å². The summed E-state index contributed by atoms with van der Waals surface area (Å²) >= 11 is 13.0. The summed E-state index contributed by atoms with van der Waals surface area (Å²) < 4.78 is 33.0. The third kappa shape index (κ3) is 9.47. The van der Waals surface area contributed by atoms with E-state index < -0.39 is 28.5 Å². The fourth-order valence-electron chi connectivity index (χ4n) is 4.76. The molecular weight excluding hydrogens is 633 g/mol. The van der Waals surface area contributed by atoms with E-state index in [1.807, 2.05) is 60.7 Å². The molecule has 0 saturated carbocycles. The minimum Gasteiger partial charge on any atom is -0.489 e. The highest BCUT2D eigenvalue weighted by Crippen LogP contribution is 2.28. The van der Waals surface area contributed by atoms with Crippen LogP contribution in [0.2, 0.25) is 10.0 Å². The van der Waals surface area contributed by atoms with Crippen molar-refractivity contribution in [3.05, 3.63) is 130 Å². The molecule has 0 bridgehead atoms. The SMILES string of the molecule is CCNC(=O)C(Cc1ccccc1)N(Cc1c(Cl)cccc1Cl)C(=O)CN(c1ccc(OCc2ccccc2)cc1)S(C)(=O)=O. The van der Waals surface area contributed by atoms with Crippen LogP contribution in [-0.2, 0) is 39.2 Å². The van der Waals surface area contributed by atoms with E-state index in [4.69, 9.17) is 27.9 Å². The van der Waals surface area contributed by atoms with Crippen molar-refractivity contribution >= 4 is 50.7 Å². The largest absolute Gasteiger partial charge is 0.489 e. The summed E-state index contributed by atoms with van der Waals surface area (Å²) in [6.07, 6.45) is 1.22. The first-order chi connectivity index (χ1) is 21.6. The fraction of sp³-hybridized carbons (Fsp3) is 0.235. The van der Waals surface area contributed by atoms with E-state index in [1.165, 1.54) is 4.90 Å². The number of hydrogen-bond donors (Lipinski definition) is 1. The molecule has 1 unspecified atom stereocenters. The van der Waals surface area contributed by atoms with Crippen molar-refractivity contribution in [3.63, 3.8) is 0 Å². The van der Waals surface area contributed by atoms with Crippen molar-refractivity contribution in [1.29, 1.82) is 0 Å². The lowest BCUT2D eigenvalue weighted by Gasteiger charge is -2.33. The van der Waals surface area contributed by atoms with Crippen LogP contribution in [0.25, 0.3) is 0 Å². The van der Waals surface area contributed by atoms with Crippen LogP contribution in [0.4, 0.5) is 5.69 Å². The maximum Gasteiger partial charge on any atom is 0.244 e. The summed E-state index contributed by atoms with van der Waals surface area (Å²) in [5, 5.41) is 3.46. The maximum absolute atomic E-state index is 14.2. The predicted molar refractivity (Wildman–Crippen MR) is 179 cm³/mol. The number of hydrogen-bond acceptors (Lipinski definition) is 5. The molecule has 2 amide bonds. The minimum atomic E-state index is -3.93. The highest BCUT2D eigenvalue weighted by Gasteiger charge is 2.33. The number of ether oxygens (including phenoxy) is 1. The number of nitrogens with one attached hydrogen (secondary N) is 1. The van der Waals surface area contributed by atoms with E-state index in [2.05, 4.69) is 5.32 Å². The van der Waals surface area contributed by atoms with Gasteiger partial charge in [0.25, 0.3) is 0 Å². The maximum atomic E-state index is 14.2. The lowest BCUT2D eigenvalue weighted by atomic mass is 10.0. The number of amides is 2. The quantitative estimate of drug-likeness (QED) is 0.175. The van der Waals surface area contributed by atoms with Crippen LogP contribution >= 0.6 is 23.2 Å². The summed E-state index contributed by atoms with van der Waals surface area (Å²) in [4.78, 5) is 29.0. The molecule has 0 aliphatic rings. The third-order valence-electron chi connectivity index (χ3n) is 7.06. The fourth-order valence-corrected chi connectivity index (χ4v) is 6.13. The first kappa shape index (κ1) is 33.8. The zero-order chi connectivity index (χ0) is 32.4. The van der Waals surface area contributed by atoms with Crippen molar-refractivity contribution in [2.75, 3.05) is 23.7 Å². The summed E-state index contributed by atoms with van der Waals surface area (Å²) in [5.41, 5.74) is 2.53. The van der Waals surface area contributed by atoms with Gasteiger partial charge in [-0.3, -0.25) is 13.9 Å². The summed E-state index contributed by atoms with van der Waals surface area (Å²) in [6.45, 7) is 1.79. The zero-order valence-electron chi connectivity index (χ0n) is 25.0. The highest BCUT2D eigenvalue weighted by atomic mass is 35.5. The lowest BCUT2D eigenvalue weighted by molar-refractivity contribution is -0.140. The van der Waals surface area contributed by atoms with E-state index in [-0.39, 0.29) is 24.6 Å². The van der Waals surface area contributed by atoms with Crippen molar-refractivity contribution in [3.8, 4) is 5.75 Å². The molecule has 45 heavy (non-hydrogen) atoms. The second kappa shape index (κ2) is 15.8. The Balaban J connectivity index is 1.66. The standard InChI is InChI=1S/C34H35Cl2N3O5S/c1-3-37-34(41)32(21-25-11-6-4-7-12-25)38(22-29-30(35)15-10-16-31(29)36)33(40)23-39(45(2,42)43)27-17-19-28(20-18-27)44-24-26-13-8-5-9-14-26/h4-20,32H,3,21-24H2,1-2H3,(H,37,41). The van der Waals surface area contributed by atoms with Gasteiger partial charge in [-0.05, 0) is 54.4 Å². The Hall–Kier alpha value is -4.05. The smallest absolute Gasteiger partial charge is 0.244 e. The number of benzene rings is 4. The molecule has 4 aromatic carbocycles. The number of carbonyl (C=O) groups excluding carboxylic acids is 2. The Morgan fingerprint density at radius 3 is 1.96 bits per heavy atom. The number of halogens is 2. The van der Waals surface area contributed by atoms with Gasteiger partial charge in [0, 0.05) is 35.1 Å². The van der Waals surface area contributed by atoms with Crippen LogP contribution < -0.4 is 14.4 Å². The van der Waals surface area contributed by atoms with Gasteiger partial charge in [0.15, 0.2) is 0 Å². The van der Waals surface area contributed by atoms with Gasteiger partial charge in [0.05, 0.1) is 11.9 Å². The second-order valence-corrected chi connectivity index (χ2v) is 13.1. The number of rotatable bonds is 14. The second-order valence-electron chi connectivity index (χ2n) is 10.4. The molecule has 0 fully saturated rings. The summed E-state index contributed by atoms with van der Waals surface area (Å²) in [5.74, 6) is -0.451. The van der Waals surface area contributed by atoms with Gasteiger partial charge in [-0.25, -0.2) is 8.42 Å². The average molecular weight is 669 g/mol. The molecule has 0 aliphatic heterocycles. The van der Waals surface area contributed by atoms with Crippen LogP contribution in [0.15, 0.2) is 103 Å². The van der Waals surface area contributed by atoms with Crippen molar-refractivity contribution in [2.45, 2.75) is 32.5 Å². The van der Waals surface area contributed by atoms with Gasteiger partial charge in [-0.2, -0.15) is 0 Å². The zero-order valence-corrected chi connectivity index (χ0v) is 27.4. The van der Waals surface area contributed by atoms with Crippen molar-refractivity contribution < 1.29 is 22.7 Å². The van der Waals surface area contributed by atoms with Crippen molar-refractivity contribution in [2.24, 2.45) is 0 Å². The molecule has 1 atom stereocenters. The molecular formula is C34H35Cl2N3O5S. The Labute approximate surface area is 274 Å². The van der Waals surface area contributed by atoms with Gasteiger partial charge < -0.3 is 15.0 Å². The summed E-state index contributed by atoms with van der Waals surface area (Å²) in [7, 11) is -3.93. The summed E-state index contributed by atoms with van der Waals surface area (Å²) in [6, 6.07) is 29.4. The topological polar surface area (TPSA) is 96.0 Å². The number of anilines is 1. The molecule has 4 rings (SSSR count). The van der Waals surface area contributed by atoms with E-state index in [0.29, 0.717) is 34.5 Å². The molecule has 1 N–H and O–H groups in total. The number of carbonyl (C=O) groups is 2. The van der Waals surface area contributed by atoms with Gasteiger partial charge >= 0.3 is 0 Å². The number of likely N-dealkylation sites (N-methyl/N-ethyl adjacent to an activating group) is 1. The molecule has 0 aliphatic carbocycles. The van der Waals surface area contributed by atoms with Crippen LogP contribution in [0.5, 0.6) is 5.75 Å². The highest BCUT2D eigenvalue weighted by molar-refractivity contribution is 7.92. The van der Waals surface area contributed by atoms with Gasteiger partial charge in [-0.15, -0.1) is 0 Å². The average Bonchev–Trinajstić information content (AvgIpc) is 3.02. The number of sulfonamides is 1. The first-order valence-electron chi connectivity index (χ1n) is 14.3. The molecule has 0 aromatic heterocycles. The molecule has 4 aromatic rings. The van der Waals surface area contributed by atoms with Crippen molar-refractivity contribution in [1.82, 2.24) is 10.2 Å². The Bertz CT molecular complexity index is 1670. The van der Waals surface area contributed by atoms with Gasteiger partial charge in [0.1, 0.15) is 24.9 Å². The Kier molecular flexibility index (Phi) is 11.9. The third-order valence-corrected chi connectivity index (χ3v) is 8.91. The molecule has 0 radical (unpaired) electrons. The van der Waals surface area contributed by atoms with E-state index in [0.717, 1.165) is 21.7 Å². The van der Waals surface area contributed by atoms with Crippen LogP contribution in [0.1, 0.15) is 23.6 Å². The van der Waals surface area contributed by atoms with Gasteiger partial charge in [-0.1, -0.05) is 89.9 Å². The Morgan fingerprint density at radius 1 is 0.822 bits per heavy atom.